The number of nitrogens with one attached hydrogen (secondary N) is 2. The third-order valence-electron chi connectivity index (χ3n) is 4.75. The topological polar surface area (TPSA) is 57.4 Å². The van der Waals surface area contributed by atoms with Gasteiger partial charge in [-0.1, -0.05) is 44.2 Å². The molecule has 1 heterocycles. The zero-order valence-corrected chi connectivity index (χ0v) is 16.0. The van der Waals surface area contributed by atoms with Gasteiger partial charge in [0.15, 0.2) is 0 Å². The summed E-state index contributed by atoms with van der Waals surface area (Å²) in [5, 5.41) is 4.07. The summed E-state index contributed by atoms with van der Waals surface area (Å²) in [5.41, 5.74) is 2.74. The summed E-state index contributed by atoms with van der Waals surface area (Å²) < 4.78 is 5.92. The first-order valence-electron chi connectivity index (χ1n) is 9.50. The molecule has 0 radical (unpaired) electrons. The van der Waals surface area contributed by atoms with Crippen molar-refractivity contribution in [2.24, 2.45) is 0 Å². The first kappa shape index (κ1) is 19.0. The summed E-state index contributed by atoms with van der Waals surface area (Å²) in [6.45, 7) is 7.75. The molecule has 2 aromatic carbocycles. The Hall–Kier alpha value is -2.79. The van der Waals surface area contributed by atoms with Gasteiger partial charge in [-0.15, -0.1) is 0 Å². The Labute approximate surface area is 160 Å². The fourth-order valence-electron chi connectivity index (χ4n) is 3.17. The van der Waals surface area contributed by atoms with Gasteiger partial charge in [-0.3, -0.25) is 4.79 Å². The minimum atomic E-state index is -0.0560. The first-order valence-corrected chi connectivity index (χ1v) is 9.50. The maximum Gasteiger partial charge on any atom is 0.228 e. The zero-order chi connectivity index (χ0) is 19.1. The smallest absolute Gasteiger partial charge is 0.228 e. The van der Waals surface area contributed by atoms with Crippen molar-refractivity contribution in [1.29, 1.82) is 0 Å². The molecule has 5 heteroatoms. The Morgan fingerprint density at radius 2 is 1.81 bits per heavy atom. The van der Waals surface area contributed by atoms with E-state index in [4.69, 9.17) is 4.74 Å². The SMILES string of the molecule is CCN(CC)CCOc1ccccc1NC(=O)Cc1c[nH]c2ccccc12. The number of nitrogens with zero attached hydrogens (tertiary/aromatic N) is 1. The van der Waals surface area contributed by atoms with E-state index in [0.717, 1.165) is 36.1 Å². The minimum absolute atomic E-state index is 0.0560. The molecule has 0 atom stereocenters. The molecule has 1 aromatic heterocycles. The van der Waals surface area contributed by atoms with Crippen LogP contribution in [0.1, 0.15) is 19.4 Å². The van der Waals surface area contributed by atoms with Crippen molar-refractivity contribution in [3.8, 4) is 5.75 Å². The van der Waals surface area contributed by atoms with Crippen molar-refractivity contribution in [1.82, 2.24) is 9.88 Å². The lowest BCUT2D eigenvalue weighted by molar-refractivity contribution is -0.115. The van der Waals surface area contributed by atoms with Crippen LogP contribution < -0.4 is 10.1 Å². The molecule has 0 spiro atoms. The van der Waals surface area contributed by atoms with E-state index >= 15 is 0 Å². The quantitative estimate of drug-likeness (QED) is 0.601. The fourth-order valence-corrected chi connectivity index (χ4v) is 3.17. The number of carbonyl (C=O) groups is 1. The highest BCUT2D eigenvalue weighted by molar-refractivity contribution is 5.96. The molecule has 1 amide bonds. The Balaban J connectivity index is 1.62. The molecule has 0 aliphatic heterocycles. The standard InChI is InChI=1S/C22H27N3O2/c1-3-25(4-2)13-14-27-21-12-8-7-11-20(21)24-22(26)15-17-16-23-19-10-6-5-9-18(17)19/h5-12,16,23H,3-4,13-15H2,1-2H3,(H,24,26). The van der Waals surface area contributed by atoms with Crippen LogP contribution in [0.4, 0.5) is 5.69 Å². The third-order valence-corrected chi connectivity index (χ3v) is 4.75. The zero-order valence-electron chi connectivity index (χ0n) is 16.0. The summed E-state index contributed by atoms with van der Waals surface area (Å²) in [5.74, 6) is 0.650. The molecule has 0 saturated carbocycles. The number of amides is 1. The van der Waals surface area contributed by atoms with Gasteiger partial charge in [0.2, 0.25) is 5.91 Å². The first-order chi connectivity index (χ1) is 13.2. The largest absolute Gasteiger partial charge is 0.490 e. The van der Waals surface area contributed by atoms with Crippen molar-refractivity contribution < 1.29 is 9.53 Å². The normalized spacial score (nSPS) is 11.1. The number of hydrogen-bond donors (Lipinski definition) is 2. The number of aromatic amines is 1. The number of aromatic nitrogens is 1. The highest BCUT2D eigenvalue weighted by Gasteiger charge is 2.11. The van der Waals surface area contributed by atoms with E-state index in [0.29, 0.717) is 24.5 Å². The van der Waals surface area contributed by atoms with Crippen LogP contribution >= 0.6 is 0 Å². The second kappa shape index (κ2) is 9.24. The molecule has 0 unspecified atom stereocenters. The minimum Gasteiger partial charge on any atom is -0.490 e. The van der Waals surface area contributed by atoms with Crippen molar-refractivity contribution in [3.05, 3.63) is 60.3 Å². The predicted molar refractivity (Wildman–Crippen MR) is 110 cm³/mol. The molecule has 3 aromatic rings. The number of anilines is 1. The molecular weight excluding hydrogens is 338 g/mol. The van der Waals surface area contributed by atoms with Gasteiger partial charge in [-0.05, 0) is 36.9 Å². The molecule has 0 bridgehead atoms. The lowest BCUT2D eigenvalue weighted by Crippen LogP contribution is -2.28. The number of benzene rings is 2. The molecule has 3 rings (SSSR count). The predicted octanol–water partition coefficient (Wildman–Crippen LogP) is 4.07. The van der Waals surface area contributed by atoms with Crippen LogP contribution in [-0.2, 0) is 11.2 Å². The summed E-state index contributed by atoms with van der Waals surface area (Å²) in [4.78, 5) is 18.1. The van der Waals surface area contributed by atoms with Crippen LogP contribution in [0, 0.1) is 0 Å². The van der Waals surface area contributed by atoms with Crippen molar-refractivity contribution >= 4 is 22.5 Å². The number of H-pyrrole nitrogens is 1. The Kier molecular flexibility index (Phi) is 6.49. The van der Waals surface area contributed by atoms with Crippen LogP contribution in [-0.4, -0.2) is 42.0 Å². The van der Waals surface area contributed by atoms with Crippen molar-refractivity contribution in [3.63, 3.8) is 0 Å². The summed E-state index contributed by atoms with van der Waals surface area (Å²) >= 11 is 0. The van der Waals surface area contributed by atoms with E-state index < -0.39 is 0 Å². The molecule has 0 saturated heterocycles. The molecule has 27 heavy (non-hydrogen) atoms. The molecule has 142 valence electrons. The maximum atomic E-state index is 12.6. The van der Waals surface area contributed by atoms with Crippen LogP contribution in [0.5, 0.6) is 5.75 Å². The number of hydrogen-bond acceptors (Lipinski definition) is 3. The Morgan fingerprint density at radius 3 is 2.63 bits per heavy atom. The molecule has 0 fully saturated rings. The average Bonchev–Trinajstić information content (AvgIpc) is 3.09. The van der Waals surface area contributed by atoms with Crippen LogP contribution in [0.15, 0.2) is 54.7 Å². The van der Waals surface area contributed by atoms with E-state index in [1.54, 1.807) is 0 Å². The van der Waals surface area contributed by atoms with E-state index in [-0.39, 0.29) is 5.91 Å². The van der Waals surface area contributed by atoms with Gasteiger partial charge < -0.3 is 19.9 Å². The molecule has 2 N–H and O–H groups in total. The van der Waals surface area contributed by atoms with Gasteiger partial charge in [0.1, 0.15) is 12.4 Å². The molecule has 5 nitrogen and oxygen atoms in total. The van der Waals surface area contributed by atoms with Crippen LogP contribution in [0.25, 0.3) is 10.9 Å². The molecule has 0 aliphatic carbocycles. The van der Waals surface area contributed by atoms with Gasteiger partial charge >= 0.3 is 0 Å². The van der Waals surface area contributed by atoms with Crippen molar-refractivity contribution in [2.45, 2.75) is 20.3 Å². The lowest BCUT2D eigenvalue weighted by Gasteiger charge is -2.19. The van der Waals surface area contributed by atoms with Crippen LogP contribution in [0.2, 0.25) is 0 Å². The monoisotopic (exact) mass is 365 g/mol. The number of para-hydroxylation sites is 3. The van der Waals surface area contributed by atoms with Gasteiger partial charge in [-0.25, -0.2) is 0 Å². The number of likely N-dealkylation sites (N-methyl/N-ethyl adjacent to an activating group) is 1. The average molecular weight is 365 g/mol. The molecular formula is C22H27N3O2. The van der Waals surface area contributed by atoms with Gasteiger partial charge in [-0.2, -0.15) is 0 Å². The number of ether oxygens (including phenoxy) is 1. The second-order valence-corrected chi connectivity index (χ2v) is 6.46. The highest BCUT2D eigenvalue weighted by atomic mass is 16.5. The molecule has 0 aliphatic rings. The summed E-state index contributed by atoms with van der Waals surface area (Å²) in [6, 6.07) is 15.6. The Morgan fingerprint density at radius 1 is 1.07 bits per heavy atom. The highest BCUT2D eigenvalue weighted by Crippen LogP contribution is 2.24. The number of rotatable bonds is 9. The van der Waals surface area contributed by atoms with Gasteiger partial charge in [0, 0.05) is 23.6 Å². The Bertz CT molecular complexity index is 884. The van der Waals surface area contributed by atoms with Crippen molar-refractivity contribution in [2.75, 3.05) is 31.6 Å². The van der Waals surface area contributed by atoms with E-state index in [1.165, 1.54) is 0 Å². The van der Waals surface area contributed by atoms with Gasteiger partial charge in [0.25, 0.3) is 0 Å². The number of carbonyl (C=O) groups excluding carboxylic acids is 1. The van der Waals surface area contributed by atoms with E-state index in [9.17, 15) is 4.79 Å². The lowest BCUT2D eigenvalue weighted by atomic mass is 10.1. The summed E-state index contributed by atoms with van der Waals surface area (Å²) in [6.07, 6.45) is 2.22. The third kappa shape index (κ3) is 4.89. The van der Waals surface area contributed by atoms with Crippen LogP contribution in [0.3, 0.4) is 0 Å². The van der Waals surface area contributed by atoms with Gasteiger partial charge in [0.05, 0.1) is 12.1 Å². The second-order valence-electron chi connectivity index (χ2n) is 6.46. The maximum absolute atomic E-state index is 12.6. The fraction of sp³-hybridized carbons (Fsp3) is 0.318. The van der Waals surface area contributed by atoms with E-state index in [1.807, 2.05) is 54.7 Å². The summed E-state index contributed by atoms with van der Waals surface area (Å²) in [7, 11) is 0. The van der Waals surface area contributed by atoms with E-state index in [2.05, 4.69) is 29.0 Å². The number of fused-ring (bicyclic) bond motifs is 1.